The molecule has 7 heteroatoms. The Morgan fingerprint density at radius 3 is 2.73 bits per heavy atom. The van der Waals surface area contributed by atoms with E-state index in [1.165, 1.54) is 0 Å². The van der Waals surface area contributed by atoms with Crippen molar-refractivity contribution in [1.82, 2.24) is 15.2 Å². The minimum Gasteiger partial charge on any atom is -0.477 e. The van der Waals surface area contributed by atoms with Gasteiger partial charge in [0.25, 0.3) is 0 Å². The van der Waals surface area contributed by atoms with E-state index in [1.54, 1.807) is 6.20 Å². The van der Waals surface area contributed by atoms with E-state index in [-0.39, 0.29) is 24.0 Å². The number of halogens is 1. The lowest BCUT2D eigenvalue weighted by Gasteiger charge is -2.34. The average Bonchev–Trinajstić information content (AvgIpc) is 2.65. The van der Waals surface area contributed by atoms with E-state index in [9.17, 15) is 0 Å². The van der Waals surface area contributed by atoms with Gasteiger partial charge in [-0.25, -0.2) is 9.98 Å². The molecule has 1 aromatic heterocycles. The van der Waals surface area contributed by atoms with Crippen LogP contribution in [0.4, 0.5) is 0 Å². The fourth-order valence-electron chi connectivity index (χ4n) is 2.93. The van der Waals surface area contributed by atoms with Crippen molar-refractivity contribution in [3.05, 3.63) is 23.9 Å². The zero-order valence-corrected chi connectivity index (χ0v) is 18.6. The summed E-state index contributed by atoms with van der Waals surface area (Å²) in [5.74, 6) is 1.65. The normalized spacial score (nSPS) is 15.5. The van der Waals surface area contributed by atoms with Gasteiger partial charge >= 0.3 is 0 Å². The van der Waals surface area contributed by atoms with Crippen molar-refractivity contribution >= 4 is 29.9 Å². The third-order valence-corrected chi connectivity index (χ3v) is 4.17. The third-order valence-electron chi connectivity index (χ3n) is 4.17. The molecule has 0 bridgehead atoms. The van der Waals surface area contributed by atoms with Crippen LogP contribution in [0.1, 0.15) is 45.6 Å². The van der Waals surface area contributed by atoms with Crippen LogP contribution in [0, 0.1) is 0 Å². The Kier molecular flexibility index (Phi) is 11.6. The monoisotopic (exact) mass is 476 g/mol. The van der Waals surface area contributed by atoms with Crippen LogP contribution in [-0.2, 0) is 11.3 Å². The number of hydrogen-bond acceptors (Lipinski definition) is 4. The number of aromatic nitrogens is 1. The number of piperidine rings is 1. The van der Waals surface area contributed by atoms with Crippen LogP contribution in [0.3, 0.4) is 0 Å². The van der Waals surface area contributed by atoms with Gasteiger partial charge in [0.2, 0.25) is 5.88 Å². The smallest absolute Gasteiger partial charge is 0.218 e. The first-order valence-electron chi connectivity index (χ1n) is 9.50. The molecule has 1 aromatic rings. The molecule has 1 N–H and O–H groups in total. The molecule has 26 heavy (non-hydrogen) atoms. The number of pyridine rings is 1. The van der Waals surface area contributed by atoms with E-state index in [0.717, 1.165) is 57.0 Å². The molecule has 0 atom stereocenters. The first-order valence-corrected chi connectivity index (χ1v) is 9.50. The Hall–Kier alpha value is -1.09. The second-order valence-corrected chi connectivity index (χ2v) is 6.13. The van der Waals surface area contributed by atoms with Crippen molar-refractivity contribution in [1.29, 1.82) is 0 Å². The SMILES string of the molecule is CCCOc1ncccc1CN=C(NCC)N1CCC(OCC)CC1.I. The van der Waals surface area contributed by atoms with Gasteiger partial charge in [0.05, 0.1) is 19.3 Å². The summed E-state index contributed by atoms with van der Waals surface area (Å²) in [7, 11) is 0. The number of likely N-dealkylation sites (tertiary alicyclic amines) is 1. The molecule has 0 unspecified atom stereocenters. The molecule has 1 saturated heterocycles. The highest BCUT2D eigenvalue weighted by atomic mass is 127. The molecule has 2 heterocycles. The van der Waals surface area contributed by atoms with Crippen molar-refractivity contribution in [2.24, 2.45) is 4.99 Å². The van der Waals surface area contributed by atoms with Crippen LogP contribution in [-0.4, -0.2) is 54.8 Å². The maximum Gasteiger partial charge on any atom is 0.218 e. The molecule has 0 radical (unpaired) electrons. The summed E-state index contributed by atoms with van der Waals surface area (Å²) >= 11 is 0. The molecule has 0 spiro atoms. The lowest BCUT2D eigenvalue weighted by Crippen LogP contribution is -2.47. The van der Waals surface area contributed by atoms with Crippen molar-refractivity contribution in [3.8, 4) is 5.88 Å². The van der Waals surface area contributed by atoms with Crippen LogP contribution in [0.2, 0.25) is 0 Å². The maximum atomic E-state index is 5.74. The minimum absolute atomic E-state index is 0. The molecule has 0 aromatic carbocycles. The predicted molar refractivity (Wildman–Crippen MR) is 116 cm³/mol. The van der Waals surface area contributed by atoms with E-state index >= 15 is 0 Å². The first kappa shape index (κ1) is 23.0. The molecule has 1 aliphatic heterocycles. The summed E-state index contributed by atoms with van der Waals surface area (Å²) < 4.78 is 11.5. The quantitative estimate of drug-likeness (QED) is 0.354. The first-order chi connectivity index (χ1) is 12.3. The van der Waals surface area contributed by atoms with Gasteiger partial charge in [0, 0.05) is 38.0 Å². The predicted octanol–water partition coefficient (Wildman–Crippen LogP) is 3.45. The van der Waals surface area contributed by atoms with Gasteiger partial charge in [-0.2, -0.15) is 0 Å². The second-order valence-electron chi connectivity index (χ2n) is 6.13. The molecule has 6 nitrogen and oxygen atoms in total. The zero-order chi connectivity index (χ0) is 17.9. The maximum absolute atomic E-state index is 5.74. The highest BCUT2D eigenvalue weighted by molar-refractivity contribution is 14.0. The van der Waals surface area contributed by atoms with Gasteiger partial charge in [-0.3, -0.25) is 0 Å². The molecule has 2 rings (SSSR count). The number of nitrogens with zero attached hydrogens (tertiary/aromatic N) is 3. The van der Waals surface area contributed by atoms with E-state index in [1.807, 2.05) is 12.1 Å². The average molecular weight is 476 g/mol. The van der Waals surface area contributed by atoms with Crippen molar-refractivity contribution < 1.29 is 9.47 Å². The summed E-state index contributed by atoms with van der Waals surface area (Å²) in [5.41, 5.74) is 1.02. The van der Waals surface area contributed by atoms with Gasteiger partial charge in [0.15, 0.2) is 5.96 Å². The Balaban J connectivity index is 0.00000338. The van der Waals surface area contributed by atoms with E-state index in [2.05, 4.69) is 36.0 Å². The lowest BCUT2D eigenvalue weighted by molar-refractivity contribution is 0.0263. The minimum atomic E-state index is 0. The molecule has 1 fully saturated rings. The van der Waals surface area contributed by atoms with E-state index in [4.69, 9.17) is 14.5 Å². The van der Waals surface area contributed by atoms with E-state index in [0.29, 0.717) is 25.1 Å². The number of hydrogen-bond donors (Lipinski definition) is 1. The van der Waals surface area contributed by atoms with Crippen molar-refractivity contribution in [3.63, 3.8) is 0 Å². The Morgan fingerprint density at radius 1 is 1.31 bits per heavy atom. The molecule has 0 saturated carbocycles. The Labute approximate surface area is 174 Å². The summed E-state index contributed by atoms with van der Waals surface area (Å²) in [6.45, 7) is 11.1. The Morgan fingerprint density at radius 2 is 2.08 bits per heavy atom. The van der Waals surface area contributed by atoms with Crippen LogP contribution >= 0.6 is 24.0 Å². The lowest BCUT2D eigenvalue weighted by atomic mass is 10.1. The van der Waals surface area contributed by atoms with E-state index < -0.39 is 0 Å². The molecule has 1 aliphatic rings. The van der Waals surface area contributed by atoms with Crippen molar-refractivity contribution in [2.75, 3.05) is 32.8 Å². The van der Waals surface area contributed by atoms with Gasteiger partial charge < -0.3 is 19.7 Å². The molecule has 148 valence electrons. The standard InChI is InChI=1S/C19H32N4O2.HI/c1-4-14-25-18-16(8-7-11-21-18)15-22-19(20-5-2)23-12-9-17(10-13-23)24-6-3;/h7-8,11,17H,4-6,9-10,12-15H2,1-3H3,(H,20,22);1H. The highest BCUT2D eigenvalue weighted by Gasteiger charge is 2.21. The van der Waals surface area contributed by atoms with Gasteiger partial charge in [0.1, 0.15) is 0 Å². The fourth-order valence-corrected chi connectivity index (χ4v) is 2.93. The largest absolute Gasteiger partial charge is 0.477 e. The van der Waals surface area contributed by atoms with Crippen LogP contribution in [0.25, 0.3) is 0 Å². The van der Waals surface area contributed by atoms with Gasteiger partial charge in [-0.15, -0.1) is 24.0 Å². The van der Waals surface area contributed by atoms with Gasteiger partial charge in [-0.05, 0) is 39.2 Å². The molecule has 0 aliphatic carbocycles. The zero-order valence-electron chi connectivity index (χ0n) is 16.2. The summed E-state index contributed by atoms with van der Waals surface area (Å²) in [4.78, 5) is 11.5. The second kappa shape index (κ2) is 13.1. The molecular formula is C19H33IN4O2. The summed E-state index contributed by atoms with van der Waals surface area (Å²) in [5, 5.41) is 3.41. The van der Waals surface area contributed by atoms with Crippen LogP contribution < -0.4 is 10.1 Å². The third kappa shape index (κ3) is 7.26. The highest BCUT2D eigenvalue weighted by Crippen LogP contribution is 2.17. The van der Waals surface area contributed by atoms with Gasteiger partial charge in [-0.1, -0.05) is 13.0 Å². The number of aliphatic imine (C=N–C) groups is 1. The number of guanidine groups is 1. The summed E-state index contributed by atoms with van der Waals surface area (Å²) in [6.07, 6.45) is 5.22. The topological polar surface area (TPSA) is 59.0 Å². The van der Waals surface area contributed by atoms with Crippen LogP contribution in [0.15, 0.2) is 23.3 Å². The molecule has 0 amide bonds. The van der Waals surface area contributed by atoms with Crippen molar-refractivity contribution in [2.45, 2.75) is 52.7 Å². The van der Waals surface area contributed by atoms with Crippen LogP contribution in [0.5, 0.6) is 5.88 Å². The summed E-state index contributed by atoms with van der Waals surface area (Å²) in [6, 6.07) is 3.97. The fraction of sp³-hybridized carbons (Fsp3) is 0.684. The number of nitrogens with one attached hydrogen (secondary N) is 1. The Bertz CT molecular complexity index is 534. The number of ether oxygens (including phenoxy) is 2. The number of rotatable bonds is 8. The molecular weight excluding hydrogens is 443 g/mol.